The number of hydrogen-bond donors (Lipinski definition) is 1. The Kier molecular flexibility index (Phi) is 4.89. The van der Waals surface area contributed by atoms with E-state index in [1.54, 1.807) is 0 Å². The van der Waals surface area contributed by atoms with Gasteiger partial charge in [0.2, 0.25) is 0 Å². The van der Waals surface area contributed by atoms with E-state index >= 15 is 0 Å². The van der Waals surface area contributed by atoms with Gasteiger partial charge in [-0.15, -0.1) is 0 Å². The summed E-state index contributed by atoms with van der Waals surface area (Å²) in [4.78, 5) is 39.3. The Balaban J connectivity index is 1.63. The van der Waals surface area contributed by atoms with Crippen LogP contribution in [0.15, 0.2) is 11.6 Å². The van der Waals surface area contributed by atoms with Crippen molar-refractivity contribution in [3.63, 3.8) is 0 Å². The van der Waals surface area contributed by atoms with Crippen LogP contribution in [0.5, 0.6) is 0 Å². The van der Waals surface area contributed by atoms with E-state index in [0.717, 1.165) is 44.9 Å². The smallest absolute Gasteiger partial charge is 0.309 e. The number of carbonyl (C=O) groups is 3. The van der Waals surface area contributed by atoms with Crippen LogP contribution >= 0.6 is 0 Å². The average Bonchev–Trinajstić information content (AvgIpc) is 2.73. The highest BCUT2D eigenvalue weighted by atomic mass is 16.4. The average molecular weight is 469 g/mol. The Bertz CT molecular complexity index is 1010. The topological polar surface area (TPSA) is 71.4 Å². The van der Waals surface area contributed by atoms with Crippen LogP contribution in [0.2, 0.25) is 0 Å². The van der Waals surface area contributed by atoms with Gasteiger partial charge in [-0.25, -0.2) is 0 Å². The van der Waals surface area contributed by atoms with Crippen molar-refractivity contribution in [2.24, 2.45) is 50.2 Å². The van der Waals surface area contributed by atoms with Crippen molar-refractivity contribution in [1.82, 2.24) is 0 Å². The minimum atomic E-state index is -0.721. The maximum atomic E-state index is 14.2. The monoisotopic (exact) mass is 468 g/mol. The maximum absolute atomic E-state index is 14.2. The number of carbonyl (C=O) groups excluding carboxylic acids is 2. The molecular formula is C30H44O4. The molecule has 4 saturated carbocycles. The molecule has 4 fully saturated rings. The van der Waals surface area contributed by atoms with Crippen LogP contribution in [-0.4, -0.2) is 22.6 Å². The lowest BCUT2D eigenvalue weighted by Gasteiger charge is -2.69. The molecule has 0 radical (unpaired) electrons. The molecule has 188 valence electrons. The second-order valence-electron chi connectivity index (χ2n) is 14.7. The van der Waals surface area contributed by atoms with Gasteiger partial charge >= 0.3 is 5.97 Å². The molecule has 5 rings (SSSR count). The van der Waals surface area contributed by atoms with Gasteiger partial charge < -0.3 is 5.11 Å². The largest absolute Gasteiger partial charge is 0.481 e. The van der Waals surface area contributed by atoms with Crippen molar-refractivity contribution in [2.75, 3.05) is 0 Å². The first-order valence-corrected chi connectivity index (χ1v) is 13.6. The molecule has 0 aromatic carbocycles. The van der Waals surface area contributed by atoms with E-state index in [1.807, 2.05) is 13.0 Å². The molecule has 0 aliphatic heterocycles. The van der Waals surface area contributed by atoms with Crippen LogP contribution in [0.1, 0.15) is 106 Å². The lowest BCUT2D eigenvalue weighted by atomic mass is 9.33. The fraction of sp³-hybridized carbons (Fsp3) is 0.833. The highest BCUT2D eigenvalue weighted by Crippen LogP contribution is 2.74. The van der Waals surface area contributed by atoms with Gasteiger partial charge in [0.15, 0.2) is 5.78 Å². The molecule has 0 spiro atoms. The van der Waals surface area contributed by atoms with Crippen LogP contribution < -0.4 is 0 Å². The number of fused-ring (bicyclic) bond motifs is 7. The third-order valence-electron chi connectivity index (χ3n) is 12.8. The Morgan fingerprint density at radius 1 is 0.912 bits per heavy atom. The number of carboxylic acid groups (broad SMARTS) is 1. The summed E-state index contributed by atoms with van der Waals surface area (Å²) in [6.07, 6.45) is 9.78. The molecule has 4 nitrogen and oxygen atoms in total. The van der Waals surface area contributed by atoms with Gasteiger partial charge in [0.25, 0.3) is 0 Å². The number of allylic oxidation sites excluding steroid dienone is 2. The Morgan fingerprint density at radius 3 is 2.21 bits per heavy atom. The fourth-order valence-electron chi connectivity index (χ4n) is 10.2. The molecule has 0 aromatic heterocycles. The van der Waals surface area contributed by atoms with Crippen LogP contribution in [0.4, 0.5) is 0 Å². The highest BCUT2D eigenvalue weighted by Gasteiger charge is 2.70. The predicted molar refractivity (Wildman–Crippen MR) is 132 cm³/mol. The normalized spacial score (nSPS) is 52.0. The molecule has 5 aliphatic carbocycles. The first kappa shape index (κ1) is 24.3. The molecule has 0 unspecified atom stereocenters. The number of carboxylic acids is 1. The molecule has 1 N–H and O–H groups in total. The summed E-state index contributed by atoms with van der Waals surface area (Å²) in [5.41, 5.74) is -0.205. The summed E-state index contributed by atoms with van der Waals surface area (Å²) < 4.78 is 0. The molecule has 0 heterocycles. The number of aliphatic carboxylic acids is 1. The lowest BCUT2D eigenvalue weighted by molar-refractivity contribution is -0.188. The third kappa shape index (κ3) is 2.75. The zero-order valence-corrected chi connectivity index (χ0v) is 22.3. The number of hydrogen-bond acceptors (Lipinski definition) is 3. The summed E-state index contributed by atoms with van der Waals surface area (Å²) in [6.45, 7) is 15.5. The molecule has 0 bridgehead atoms. The van der Waals surface area contributed by atoms with Crippen LogP contribution in [-0.2, 0) is 14.4 Å². The van der Waals surface area contributed by atoms with Gasteiger partial charge in [0.1, 0.15) is 5.78 Å². The zero-order valence-electron chi connectivity index (χ0n) is 22.3. The van der Waals surface area contributed by atoms with Crippen molar-refractivity contribution in [3.05, 3.63) is 11.6 Å². The number of Topliss-reactive ketones (excluding diaryl/α,β-unsaturated/α-hetero) is 1. The maximum Gasteiger partial charge on any atom is 0.309 e. The minimum Gasteiger partial charge on any atom is -0.481 e. The van der Waals surface area contributed by atoms with Crippen molar-refractivity contribution in [2.45, 2.75) is 106 Å². The van der Waals surface area contributed by atoms with E-state index in [-0.39, 0.29) is 50.6 Å². The second-order valence-corrected chi connectivity index (χ2v) is 14.7. The van der Waals surface area contributed by atoms with Crippen LogP contribution in [0.3, 0.4) is 0 Å². The van der Waals surface area contributed by atoms with Gasteiger partial charge in [-0.2, -0.15) is 0 Å². The van der Waals surface area contributed by atoms with Gasteiger partial charge in [0, 0.05) is 17.8 Å². The van der Waals surface area contributed by atoms with Gasteiger partial charge in [-0.1, -0.05) is 47.1 Å². The summed E-state index contributed by atoms with van der Waals surface area (Å²) in [5.74, 6) is 0.222. The van der Waals surface area contributed by atoms with E-state index in [1.165, 1.54) is 5.57 Å². The van der Waals surface area contributed by atoms with Gasteiger partial charge in [0.05, 0.1) is 5.41 Å². The second kappa shape index (κ2) is 6.85. The quantitative estimate of drug-likeness (QED) is 0.469. The van der Waals surface area contributed by atoms with Crippen molar-refractivity contribution < 1.29 is 19.5 Å². The fourth-order valence-corrected chi connectivity index (χ4v) is 10.2. The molecule has 8 atom stereocenters. The first-order chi connectivity index (χ1) is 15.6. The summed E-state index contributed by atoms with van der Waals surface area (Å²) in [6, 6.07) is 0. The van der Waals surface area contributed by atoms with E-state index in [0.29, 0.717) is 18.6 Å². The summed E-state index contributed by atoms with van der Waals surface area (Å²) >= 11 is 0. The molecule has 34 heavy (non-hydrogen) atoms. The molecule has 4 heteroatoms. The van der Waals surface area contributed by atoms with E-state index in [9.17, 15) is 19.5 Å². The molecule has 0 aromatic rings. The standard InChI is InChI=1S/C30H44O4/c1-25(2)21-8-11-30(7)23(28(21,5)10-9-22(25)32)20(31)16-18-19-17-27(4,24(33)34)13-12-26(19,3)14-15-29(18,30)6/h16,19,21,23H,8-15,17H2,1-7H3,(H,33,34)/t19-,21+,23-,26-,27+,28-,29-,30+/m1/s1. The summed E-state index contributed by atoms with van der Waals surface area (Å²) in [5, 5.41) is 10.0. The third-order valence-corrected chi connectivity index (χ3v) is 12.8. The Labute approximate surface area is 205 Å². The number of rotatable bonds is 1. The van der Waals surface area contributed by atoms with E-state index in [4.69, 9.17) is 0 Å². The van der Waals surface area contributed by atoms with E-state index in [2.05, 4.69) is 41.5 Å². The number of ketones is 2. The SMILES string of the molecule is CC1(C)C(=O)CC[C@@]2(C)[C@H]3C(=O)C=C4[C@H]5C[C@@](C)(C(=O)O)CC[C@]5(C)CC[C@@]4(C)[C@@]3(C)CC[C@@H]12. The van der Waals surface area contributed by atoms with Crippen molar-refractivity contribution in [1.29, 1.82) is 0 Å². The van der Waals surface area contributed by atoms with Crippen molar-refractivity contribution in [3.8, 4) is 0 Å². The highest BCUT2D eigenvalue weighted by molar-refractivity contribution is 5.96. The zero-order chi connectivity index (χ0) is 25.1. The first-order valence-electron chi connectivity index (χ1n) is 13.6. The molecule has 5 aliphatic rings. The van der Waals surface area contributed by atoms with Gasteiger partial charge in [-0.05, 0) is 97.9 Å². The van der Waals surface area contributed by atoms with Crippen molar-refractivity contribution >= 4 is 17.5 Å². The molecule has 0 amide bonds. The molecular weight excluding hydrogens is 424 g/mol. The minimum absolute atomic E-state index is 0.0707. The lowest BCUT2D eigenvalue weighted by Crippen LogP contribution is -2.66. The Hall–Kier alpha value is -1.45. The van der Waals surface area contributed by atoms with Crippen LogP contribution in [0.25, 0.3) is 0 Å². The van der Waals surface area contributed by atoms with Crippen LogP contribution in [0, 0.1) is 50.2 Å². The Morgan fingerprint density at radius 2 is 1.56 bits per heavy atom. The molecule has 0 saturated heterocycles. The van der Waals surface area contributed by atoms with Gasteiger partial charge in [-0.3, -0.25) is 14.4 Å². The summed E-state index contributed by atoms with van der Waals surface area (Å²) in [7, 11) is 0. The van der Waals surface area contributed by atoms with E-state index < -0.39 is 11.4 Å². The predicted octanol–water partition coefficient (Wildman–Crippen LogP) is 6.62.